The Morgan fingerprint density at radius 1 is 0.824 bits per heavy atom. The van der Waals surface area contributed by atoms with Gasteiger partial charge in [0, 0.05) is 12.5 Å². The summed E-state index contributed by atoms with van der Waals surface area (Å²) >= 11 is 0. The lowest BCUT2D eigenvalue weighted by Gasteiger charge is -2.13. The Morgan fingerprint density at radius 3 is 2.00 bits per heavy atom. The first kappa shape index (κ1) is 28.7. The third-order valence-corrected chi connectivity index (χ3v) is 5.13. The number of aromatic hydroxyl groups is 1. The smallest absolute Gasteiger partial charge is 0.326 e. The van der Waals surface area contributed by atoms with Gasteiger partial charge in [-0.25, -0.2) is 4.79 Å². The number of hydrogen-bond donors (Lipinski definition) is 3. The first-order valence-electron chi connectivity index (χ1n) is 12.2. The first-order valence-corrected chi connectivity index (χ1v) is 12.2. The molecule has 0 aromatic heterocycles. The maximum Gasteiger partial charge on any atom is 0.326 e. The lowest BCUT2D eigenvalue weighted by Crippen LogP contribution is -2.41. The monoisotopic (exact) mass is 465 g/mol. The van der Waals surface area contributed by atoms with Crippen LogP contribution in [0.2, 0.25) is 0 Å². The van der Waals surface area contributed by atoms with Gasteiger partial charge in [0.1, 0.15) is 11.8 Å². The van der Waals surface area contributed by atoms with Crippen molar-refractivity contribution in [3.63, 3.8) is 0 Å². The minimum absolute atomic E-state index is 0.106. The van der Waals surface area contributed by atoms with Crippen molar-refractivity contribution in [2.75, 3.05) is 0 Å². The van der Waals surface area contributed by atoms with Crippen molar-refractivity contribution in [3.05, 3.63) is 90.6 Å². The number of hydrogen-bond acceptors (Lipinski definition) is 3. The zero-order chi connectivity index (χ0) is 24.9. The minimum Gasteiger partial charge on any atom is -0.508 e. The highest BCUT2D eigenvalue weighted by atomic mass is 16.4. The number of carboxylic acids is 1. The molecule has 1 aromatic rings. The van der Waals surface area contributed by atoms with Gasteiger partial charge in [-0.2, -0.15) is 0 Å². The summed E-state index contributed by atoms with van der Waals surface area (Å²) in [7, 11) is 0. The number of phenolic OH excluding ortho intramolecular Hbond substituents is 1. The van der Waals surface area contributed by atoms with Crippen LogP contribution >= 0.6 is 0 Å². The molecular weight excluding hydrogens is 426 g/mol. The van der Waals surface area contributed by atoms with Gasteiger partial charge in [0.25, 0.3) is 0 Å². The van der Waals surface area contributed by atoms with E-state index in [1.54, 1.807) is 30.4 Å². The summed E-state index contributed by atoms with van der Waals surface area (Å²) in [5.41, 5.74) is 0.709. The molecule has 0 aliphatic heterocycles. The third-order valence-electron chi connectivity index (χ3n) is 5.13. The van der Waals surface area contributed by atoms with Crippen LogP contribution in [0.4, 0.5) is 0 Å². The second kappa shape index (κ2) is 19.2. The van der Waals surface area contributed by atoms with Crippen LogP contribution in [-0.2, 0) is 16.0 Å². The number of aliphatic carboxylic acids is 1. The van der Waals surface area contributed by atoms with Crippen molar-refractivity contribution in [1.29, 1.82) is 0 Å². The van der Waals surface area contributed by atoms with E-state index in [9.17, 15) is 19.8 Å². The molecule has 1 aromatic carbocycles. The summed E-state index contributed by atoms with van der Waals surface area (Å²) in [5.74, 6) is -1.49. The van der Waals surface area contributed by atoms with Gasteiger partial charge < -0.3 is 15.5 Å². The lowest BCUT2D eigenvalue weighted by atomic mass is 10.1. The number of allylic oxidation sites excluding steroid dienone is 9. The summed E-state index contributed by atoms with van der Waals surface area (Å²) in [5, 5.41) is 21.1. The van der Waals surface area contributed by atoms with Gasteiger partial charge in [-0.05, 0) is 30.5 Å². The molecule has 3 N–H and O–H groups in total. The SMILES string of the molecule is CCCCCCCCCC=CC=CC=CC=CC=CC(=O)N[C@@H](Cc1ccc(O)cc1)C(=O)O. The molecule has 0 radical (unpaired) electrons. The van der Waals surface area contributed by atoms with Crippen LogP contribution in [0.1, 0.15) is 63.9 Å². The molecule has 0 unspecified atom stereocenters. The number of carboxylic acid groups (broad SMARTS) is 1. The molecule has 5 heteroatoms. The number of rotatable bonds is 17. The fourth-order valence-electron chi connectivity index (χ4n) is 3.21. The number of phenols is 1. The summed E-state index contributed by atoms with van der Waals surface area (Å²) < 4.78 is 0. The molecule has 5 nitrogen and oxygen atoms in total. The van der Waals surface area contributed by atoms with E-state index in [1.807, 2.05) is 24.3 Å². The quantitative estimate of drug-likeness (QED) is 0.141. The molecule has 0 spiro atoms. The van der Waals surface area contributed by atoms with E-state index in [4.69, 9.17) is 0 Å². The Kier molecular flexibility index (Phi) is 16.2. The fourth-order valence-corrected chi connectivity index (χ4v) is 3.21. The molecule has 1 amide bonds. The van der Waals surface area contributed by atoms with E-state index in [1.165, 1.54) is 63.2 Å². The predicted octanol–water partition coefficient (Wildman–Crippen LogP) is 6.43. The molecule has 34 heavy (non-hydrogen) atoms. The molecule has 0 aliphatic carbocycles. The number of benzene rings is 1. The summed E-state index contributed by atoms with van der Waals surface area (Å²) in [6, 6.07) is 5.18. The van der Waals surface area contributed by atoms with Gasteiger partial charge in [-0.1, -0.05) is 112 Å². The fraction of sp³-hybridized carbons (Fsp3) is 0.379. The zero-order valence-corrected chi connectivity index (χ0v) is 20.2. The molecule has 0 saturated heterocycles. The van der Waals surface area contributed by atoms with Crippen LogP contribution in [0.15, 0.2) is 85.0 Å². The average Bonchev–Trinajstić information content (AvgIpc) is 2.82. The minimum atomic E-state index is -1.11. The third kappa shape index (κ3) is 15.5. The zero-order valence-electron chi connectivity index (χ0n) is 20.2. The standard InChI is InChI=1S/C29H39NO4/c1-2-3-4-5-6-7-8-9-10-11-12-13-14-15-16-17-18-19-28(32)30-27(29(33)34)24-25-20-22-26(31)23-21-25/h10-23,27,31H,2-9,24H2,1H3,(H,30,32)(H,33,34)/t27-/m0/s1. The van der Waals surface area contributed by atoms with Crippen molar-refractivity contribution >= 4 is 11.9 Å². The number of unbranched alkanes of at least 4 members (excludes halogenated alkanes) is 7. The largest absolute Gasteiger partial charge is 0.508 e. The highest BCUT2D eigenvalue weighted by molar-refractivity contribution is 5.91. The van der Waals surface area contributed by atoms with Crippen LogP contribution in [-0.4, -0.2) is 28.1 Å². The maximum atomic E-state index is 12.0. The van der Waals surface area contributed by atoms with E-state index in [0.717, 1.165) is 6.42 Å². The Hall–Kier alpha value is -3.34. The summed E-state index contributed by atoms with van der Waals surface area (Å²) in [6.45, 7) is 2.24. The highest BCUT2D eigenvalue weighted by Gasteiger charge is 2.19. The molecule has 0 aliphatic rings. The maximum absolute atomic E-state index is 12.0. The molecule has 0 bridgehead atoms. The van der Waals surface area contributed by atoms with E-state index in [2.05, 4.69) is 24.4 Å². The van der Waals surface area contributed by atoms with E-state index in [-0.39, 0.29) is 12.2 Å². The predicted molar refractivity (Wildman–Crippen MR) is 140 cm³/mol. The van der Waals surface area contributed by atoms with Gasteiger partial charge in [0.15, 0.2) is 0 Å². The molecule has 1 rings (SSSR count). The number of carbonyl (C=O) groups excluding carboxylic acids is 1. The Balaban J connectivity index is 2.24. The number of amides is 1. The van der Waals surface area contributed by atoms with Crippen molar-refractivity contribution in [3.8, 4) is 5.75 Å². The van der Waals surface area contributed by atoms with Gasteiger partial charge in [0.2, 0.25) is 5.91 Å². The van der Waals surface area contributed by atoms with Crippen LogP contribution in [0, 0.1) is 0 Å². The topological polar surface area (TPSA) is 86.6 Å². The van der Waals surface area contributed by atoms with Crippen molar-refractivity contribution in [1.82, 2.24) is 5.32 Å². The van der Waals surface area contributed by atoms with E-state index < -0.39 is 17.9 Å². The Morgan fingerprint density at radius 2 is 1.38 bits per heavy atom. The number of nitrogens with one attached hydrogen (secondary N) is 1. The number of carbonyl (C=O) groups is 2. The van der Waals surface area contributed by atoms with Crippen LogP contribution in [0.3, 0.4) is 0 Å². The second-order valence-electron chi connectivity index (χ2n) is 8.12. The second-order valence-corrected chi connectivity index (χ2v) is 8.12. The molecule has 0 heterocycles. The Labute approximate surface area is 204 Å². The molecule has 0 fully saturated rings. The van der Waals surface area contributed by atoms with E-state index >= 15 is 0 Å². The van der Waals surface area contributed by atoms with Gasteiger partial charge in [-0.15, -0.1) is 0 Å². The summed E-state index contributed by atoms with van der Waals surface area (Å²) in [4.78, 5) is 23.4. The van der Waals surface area contributed by atoms with Gasteiger partial charge >= 0.3 is 5.97 Å². The van der Waals surface area contributed by atoms with E-state index in [0.29, 0.717) is 5.56 Å². The first-order chi connectivity index (χ1) is 16.5. The molecule has 0 saturated carbocycles. The van der Waals surface area contributed by atoms with Crippen molar-refractivity contribution < 1.29 is 19.8 Å². The molecule has 1 atom stereocenters. The van der Waals surface area contributed by atoms with Crippen molar-refractivity contribution in [2.45, 2.75) is 70.8 Å². The van der Waals surface area contributed by atoms with Crippen LogP contribution in [0.25, 0.3) is 0 Å². The normalized spacial score (nSPS) is 13.1. The average molecular weight is 466 g/mol. The molecular formula is C29H39NO4. The van der Waals surface area contributed by atoms with Gasteiger partial charge in [-0.3, -0.25) is 4.79 Å². The highest BCUT2D eigenvalue weighted by Crippen LogP contribution is 2.11. The molecule has 184 valence electrons. The lowest BCUT2D eigenvalue weighted by molar-refractivity contribution is -0.141. The van der Waals surface area contributed by atoms with Crippen LogP contribution < -0.4 is 5.32 Å². The van der Waals surface area contributed by atoms with Gasteiger partial charge in [0.05, 0.1) is 0 Å². The summed E-state index contributed by atoms with van der Waals surface area (Å²) in [6.07, 6.45) is 28.8. The Bertz CT molecular complexity index is 847. The van der Waals surface area contributed by atoms with Crippen LogP contribution in [0.5, 0.6) is 5.75 Å². The van der Waals surface area contributed by atoms with Crippen molar-refractivity contribution in [2.24, 2.45) is 0 Å².